The molecule has 1 aromatic rings. The predicted molar refractivity (Wildman–Crippen MR) is 105 cm³/mol. The zero-order valence-corrected chi connectivity index (χ0v) is 16.6. The highest BCUT2D eigenvalue weighted by Gasteiger charge is 2.11. The third kappa shape index (κ3) is 9.46. The number of nitrogens with one attached hydrogen (secondary N) is 3. The number of amides is 1. The Morgan fingerprint density at radius 2 is 2.00 bits per heavy atom. The Labute approximate surface area is 157 Å². The van der Waals surface area contributed by atoms with E-state index in [0.717, 1.165) is 50.7 Å². The summed E-state index contributed by atoms with van der Waals surface area (Å²) in [4.78, 5) is 16.4. The first kappa shape index (κ1) is 22.0. The van der Waals surface area contributed by atoms with Crippen molar-refractivity contribution in [2.45, 2.75) is 40.5 Å². The summed E-state index contributed by atoms with van der Waals surface area (Å²) in [6, 6.07) is 1.78. The highest BCUT2D eigenvalue weighted by molar-refractivity contribution is 5.92. The summed E-state index contributed by atoms with van der Waals surface area (Å²) in [5, 5.41) is 9.36. The summed E-state index contributed by atoms with van der Waals surface area (Å²) in [6.45, 7) is 12.6. The molecule has 0 aliphatic carbocycles. The minimum atomic E-state index is -0.178. The Bertz CT molecular complexity index is 541. The monoisotopic (exact) mass is 366 g/mol. The maximum absolute atomic E-state index is 11.9. The first-order chi connectivity index (χ1) is 12.5. The summed E-state index contributed by atoms with van der Waals surface area (Å²) in [5.41, 5.74) is 0.844. The van der Waals surface area contributed by atoms with Gasteiger partial charge >= 0.3 is 0 Å². The maximum Gasteiger partial charge on any atom is 0.287 e. The molecule has 0 radical (unpaired) electrons. The lowest BCUT2D eigenvalue weighted by Gasteiger charge is -2.12. The van der Waals surface area contributed by atoms with Gasteiger partial charge in [0.2, 0.25) is 0 Å². The van der Waals surface area contributed by atoms with E-state index in [-0.39, 0.29) is 5.91 Å². The fourth-order valence-electron chi connectivity index (χ4n) is 2.20. The number of aliphatic imine (C=N–C) groups is 1. The number of guanidine groups is 1. The van der Waals surface area contributed by atoms with Gasteiger partial charge in [-0.25, -0.2) is 0 Å². The van der Waals surface area contributed by atoms with Crippen LogP contribution < -0.4 is 16.0 Å². The molecule has 1 heterocycles. The van der Waals surface area contributed by atoms with E-state index in [4.69, 9.17) is 9.15 Å². The van der Waals surface area contributed by atoms with Crippen LogP contribution in [-0.2, 0) is 4.74 Å². The number of carbonyl (C=O) groups excluding carboxylic acids is 1. The van der Waals surface area contributed by atoms with E-state index in [1.165, 1.54) is 6.26 Å². The van der Waals surface area contributed by atoms with E-state index in [1.54, 1.807) is 6.07 Å². The summed E-state index contributed by atoms with van der Waals surface area (Å²) >= 11 is 0. The molecule has 1 amide bonds. The second-order valence-corrected chi connectivity index (χ2v) is 6.55. The van der Waals surface area contributed by atoms with E-state index >= 15 is 0 Å². The molecule has 0 saturated carbocycles. The summed E-state index contributed by atoms with van der Waals surface area (Å²) in [6.07, 6.45) is 3.23. The fraction of sp³-hybridized carbons (Fsp3) is 0.684. The molecule has 148 valence electrons. The molecule has 0 aliphatic heterocycles. The van der Waals surface area contributed by atoms with Gasteiger partial charge in [0.25, 0.3) is 5.91 Å². The van der Waals surface area contributed by atoms with Crippen molar-refractivity contribution in [1.29, 1.82) is 0 Å². The molecule has 26 heavy (non-hydrogen) atoms. The molecular weight excluding hydrogens is 332 g/mol. The number of nitrogens with zero attached hydrogens (tertiary/aromatic N) is 1. The van der Waals surface area contributed by atoms with Crippen LogP contribution in [0.15, 0.2) is 21.7 Å². The number of hydrogen-bond donors (Lipinski definition) is 3. The topological polar surface area (TPSA) is 87.9 Å². The van der Waals surface area contributed by atoms with Crippen LogP contribution >= 0.6 is 0 Å². The molecule has 1 rings (SSSR count). The number of rotatable bonds is 12. The van der Waals surface area contributed by atoms with E-state index in [2.05, 4.69) is 34.8 Å². The van der Waals surface area contributed by atoms with Crippen LogP contribution in [0.25, 0.3) is 0 Å². The van der Waals surface area contributed by atoms with E-state index in [1.807, 2.05) is 13.8 Å². The summed E-state index contributed by atoms with van der Waals surface area (Å²) in [7, 11) is 0. The molecule has 0 unspecified atom stereocenters. The van der Waals surface area contributed by atoms with Gasteiger partial charge in [-0.3, -0.25) is 9.79 Å². The van der Waals surface area contributed by atoms with E-state index in [9.17, 15) is 4.79 Å². The van der Waals surface area contributed by atoms with Gasteiger partial charge < -0.3 is 25.1 Å². The van der Waals surface area contributed by atoms with Crippen LogP contribution in [0.3, 0.4) is 0 Å². The average Bonchev–Trinajstić information content (AvgIpc) is 3.03. The lowest BCUT2D eigenvalue weighted by molar-refractivity contribution is 0.0925. The van der Waals surface area contributed by atoms with Gasteiger partial charge in [-0.1, -0.05) is 13.8 Å². The SMILES string of the molecule is CCNC(=NCCCNC(=O)c1occc1C)NCCCOCC(C)C. The van der Waals surface area contributed by atoms with Gasteiger partial charge in [0, 0.05) is 45.0 Å². The second-order valence-electron chi connectivity index (χ2n) is 6.55. The van der Waals surface area contributed by atoms with Crippen molar-refractivity contribution in [3.05, 3.63) is 23.7 Å². The third-order valence-corrected chi connectivity index (χ3v) is 3.51. The van der Waals surface area contributed by atoms with E-state index < -0.39 is 0 Å². The van der Waals surface area contributed by atoms with Crippen molar-refractivity contribution in [1.82, 2.24) is 16.0 Å². The minimum absolute atomic E-state index is 0.178. The number of hydrogen-bond acceptors (Lipinski definition) is 4. The van der Waals surface area contributed by atoms with Crippen molar-refractivity contribution in [3.8, 4) is 0 Å². The Balaban J connectivity index is 2.18. The molecular formula is C19H34N4O3. The molecule has 7 nitrogen and oxygen atoms in total. The van der Waals surface area contributed by atoms with Gasteiger partial charge in [0.05, 0.1) is 6.26 Å². The van der Waals surface area contributed by atoms with Crippen LogP contribution in [0.2, 0.25) is 0 Å². The van der Waals surface area contributed by atoms with Crippen LogP contribution in [-0.4, -0.2) is 51.3 Å². The zero-order valence-electron chi connectivity index (χ0n) is 16.6. The van der Waals surface area contributed by atoms with Crippen LogP contribution in [0.4, 0.5) is 0 Å². The van der Waals surface area contributed by atoms with Gasteiger partial charge in [0.1, 0.15) is 0 Å². The molecule has 0 aromatic carbocycles. The lowest BCUT2D eigenvalue weighted by Crippen LogP contribution is -2.38. The number of carbonyl (C=O) groups is 1. The largest absolute Gasteiger partial charge is 0.459 e. The summed E-state index contributed by atoms with van der Waals surface area (Å²) in [5.74, 6) is 1.56. The van der Waals surface area contributed by atoms with Crippen molar-refractivity contribution < 1.29 is 13.9 Å². The van der Waals surface area contributed by atoms with Crippen LogP contribution in [0, 0.1) is 12.8 Å². The predicted octanol–water partition coefficient (Wildman–Crippen LogP) is 2.33. The first-order valence-corrected chi connectivity index (χ1v) is 9.46. The number of furan rings is 1. The fourth-order valence-corrected chi connectivity index (χ4v) is 2.20. The van der Waals surface area contributed by atoms with Crippen molar-refractivity contribution in [2.24, 2.45) is 10.9 Å². The maximum atomic E-state index is 11.9. The molecule has 0 aliphatic rings. The van der Waals surface area contributed by atoms with Gasteiger partial charge in [-0.05, 0) is 38.7 Å². The second kappa shape index (κ2) is 13.2. The Hall–Kier alpha value is -2.02. The minimum Gasteiger partial charge on any atom is -0.459 e. The normalized spacial score (nSPS) is 11.7. The Morgan fingerprint density at radius 1 is 1.23 bits per heavy atom. The smallest absolute Gasteiger partial charge is 0.287 e. The number of ether oxygens (including phenoxy) is 1. The van der Waals surface area contributed by atoms with Crippen molar-refractivity contribution in [2.75, 3.05) is 39.4 Å². The lowest BCUT2D eigenvalue weighted by atomic mass is 10.2. The van der Waals surface area contributed by atoms with Gasteiger partial charge in [-0.2, -0.15) is 0 Å². The van der Waals surface area contributed by atoms with Crippen molar-refractivity contribution in [3.63, 3.8) is 0 Å². The van der Waals surface area contributed by atoms with Gasteiger partial charge in [-0.15, -0.1) is 0 Å². The highest BCUT2D eigenvalue weighted by atomic mass is 16.5. The summed E-state index contributed by atoms with van der Waals surface area (Å²) < 4.78 is 10.7. The number of aryl methyl sites for hydroxylation is 1. The molecule has 1 aromatic heterocycles. The molecule has 0 saturated heterocycles. The molecule has 0 spiro atoms. The zero-order chi connectivity index (χ0) is 19.2. The van der Waals surface area contributed by atoms with Crippen molar-refractivity contribution >= 4 is 11.9 Å². The molecule has 3 N–H and O–H groups in total. The molecule has 0 bridgehead atoms. The highest BCUT2D eigenvalue weighted by Crippen LogP contribution is 2.07. The Morgan fingerprint density at radius 3 is 2.65 bits per heavy atom. The standard InChI is InChI=1S/C19H34N4O3/c1-5-20-19(23-11-7-12-25-14-15(2)3)22-10-6-9-21-18(24)17-16(4)8-13-26-17/h8,13,15H,5-7,9-12,14H2,1-4H3,(H,21,24)(H2,20,22,23). The third-order valence-electron chi connectivity index (χ3n) is 3.51. The average molecular weight is 367 g/mol. The van der Waals surface area contributed by atoms with E-state index in [0.29, 0.717) is 24.8 Å². The quantitative estimate of drug-likeness (QED) is 0.300. The Kier molecular flexibility index (Phi) is 11.2. The molecule has 0 atom stereocenters. The van der Waals surface area contributed by atoms with Crippen LogP contribution in [0.1, 0.15) is 49.7 Å². The molecule has 0 fully saturated rings. The first-order valence-electron chi connectivity index (χ1n) is 9.46. The molecule has 7 heteroatoms. The van der Waals surface area contributed by atoms with Crippen LogP contribution in [0.5, 0.6) is 0 Å². The van der Waals surface area contributed by atoms with Gasteiger partial charge in [0.15, 0.2) is 11.7 Å².